The Hall–Kier alpha value is -1.62. The van der Waals surface area contributed by atoms with Gasteiger partial charge in [-0.25, -0.2) is 0 Å². The van der Waals surface area contributed by atoms with E-state index in [9.17, 15) is 10.2 Å². The van der Waals surface area contributed by atoms with Gasteiger partial charge in [0.15, 0.2) is 0 Å². The number of fused-ring (bicyclic) bond motifs is 1. The Labute approximate surface area is 106 Å². The van der Waals surface area contributed by atoms with Gasteiger partial charge in [0.05, 0.1) is 13.2 Å². The zero-order valence-electron chi connectivity index (χ0n) is 10.2. The number of aliphatic hydroxyl groups excluding tert-OH is 2. The Kier molecular flexibility index (Phi) is 3.81. The van der Waals surface area contributed by atoms with Crippen LogP contribution >= 0.6 is 0 Å². The second-order valence-corrected chi connectivity index (χ2v) is 4.15. The summed E-state index contributed by atoms with van der Waals surface area (Å²) >= 11 is 0. The summed E-state index contributed by atoms with van der Waals surface area (Å²) in [5.41, 5.74) is 5.97. The number of aliphatic hydroxyl groups is 2. The molecule has 0 radical (unpaired) electrons. The summed E-state index contributed by atoms with van der Waals surface area (Å²) in [4.78, 5) is 0. The SMILES string of the molecule is COc1ccc2ccccc2c1C(O)C(O)CN. The Balaban J connectivity index is 2.64. The molecule has 2 rings (SSSR count). The molecule has 0 heterocycles. The van der Waals surface area contributed by atoms with Crippen molar-refractivity contribution in [3.05, 3.63) is 42.0 Å². The fourth-order valence-electron chi connectivity index (χ4n) is 2.08. The van der Waals surface area contributed by atoms with Gasteiger partial charge in [0.25, 0.3) is 0 Å². The Bertz CT molecular complexity index is 542. The lowest BCUT2D eigenvalue weighted by atomic mass is 9.96. The molecule has 2 aromatic carbocycles. The fourth-order valence-corrected chi connectivity index (χ4v) is 2.08. The summed E-state index contributed by atoms with van der Waals surface area (Å²) in [5.74, 6) is 0.550. The van der Waals surface area contributed by atoms with Crippen LogP contribution in [0.15, 0.2) is 36.4 Å². The molecule has 0 amide bonds. The summed E-state index contributed by atoms with van der Waals surface area (Å²) in [7, 11) is 1.54. The van der Waals surface area contributed by atoms with Crippen LogP contribution in [0.4, 0.5) is 0 Å². The summed E-state index contributed by atoms with van der Waals surface area (Å²) in [6, 6.07) is 11.3. The molecule has 4 nitrogen and oxygen atoms in total. The van der Waals surface area contributed by atoms with Gasteiger partial charge in [-0.3, -0.25) is 0 Å². The maximum Gasteiger partial charge on any atom is 0.125 e. The standard InChI is InChI=1S/C14H17NO3/c1-18-12-7-6-9-4-2-3-5-10(9)13(12)14(17)11(16)8-15/h2-7,11,14,16-17H,8,15H2,1H3. The zero-order chi connectivity index (χ0) is 13.1. The van der Waals surface area contributed by atoms with Crippen molar-refractivity contribution in [2.24, 2.45) is 5.73 Å². The highest BCUT2D eigenvalue weighted by atomic mass is 16.5. The smallest absolute Gasteiger partial charge is 0.125 e. The molecule has 4 heteroatoms. The molecule has 0 saturated heterocycles. The van der Waals surface area contributed by atoms with Gasteiger partial charge < -0.3 is 20.7 Å². The highest BCUT2D eigenvalue weighted by Gasteiger charge is 2.22. The molecular weight excluding hydrogens is 230 g/mol. The van der Waals surface area contributed by atoms with Crippen molar-refractivity contribution in [2.45, 2.75) is 12.2 Å². The summed E-state index contributed by atoms with van der Waals surface area (Å²) in [5, 5.41) is 21.8. The van der Waals surface area contributed by atoms with Gasteiger partial charge in [0.2, 0.25) is 0 Å². The van der Waals surface area contributed by atoms with Crippen LogP contribution < -0.4 is 10.5 Å². The Morgan fingerprint density at radius 1 is 1.17 bits per heavy atom. The number of hydrogen-bond acceptors (Lipinski definition) is 4. The van der Waals surface area contributed by atoms with Crippen LogP contribution in [0.2, 0.25) is 0 Å². The normalized spacial score (nSPS) is 14.4. The lowest BCUT2D eigenvalue weighted by molar-refractivity contribution is 0.0239. The zero-order valence-corrected chi connectivity index (χ0v) is 10.2. The van der Waals surface area contributed by atoms with Gasteiger partial charge in [-0.2, -0.15) is 0 Å². The van der Waals surface area contributed by atoms with Crippen LogP contribution in [-0.2, 0) is 0 Å². The van der Waals surface area contributed by atoms with Gasteiger partial charge in [-0.15, -0.1) is 0 Å². The molecule has 0 saturated carbocycles. The van der Waals surface area contributed by atoms with E-state index in [2.05, 4.69) is 0 Å². The van der Waals surface area contributed by atoms with Gasteiger partial charge in [-0.05, 0) is 16.8 Å². The third-order valence-electron chi connectivity index (χ3n) is 3.05. The molecule has 0 bridgehead atoms. The van der Waals surface area contributed by atoms with Crippen molar-refractivity contribution in [1.29, 1.82) is 0 Å². The molecule has 0 spiro atoms. The first-order chi connectivity index (χ1) is 8.69. The third kappa shape index (κ3) is 2.18. The van der Waals surface area contributed by atoms with Crippen molar-refractivity contribution in [3.63, 3.8) is 0 Å². The van der Waals surface area contributed by atoms with E-state index < -0.39 is 12.2 Å². The maximum absolute atomic E-state index is 10.2. The number of ether oxygens (including phenoxy) is 1. The van der Waals surface area contributed by atoms with Crippen LogP contribution in [0.3, 0.4) is 0 Å². The highest BCUT2D eigenvalue weighted by molar-refractivity contribution is 5.88. The van der Waals surface area contributed by atoms with E-state index in [-0.39, 0.29) is 6.54 Å². The number of methoxy groups -OCH3 is 1. The van der Waals surface area contributed by atoms with Crippen LogP contribution in [0.5, 0.6) is 5.75 Å². The van der Waals surface area contributed by atoms with Crippen molar-refractivity contribution >= 4 is 10.8 Å². The van der Waals surface area contributed by atoms with E-state index >= 15 is 0 Å². The number of hydrogen-bond donors (Lipinski definition) is 3. The average molecular weight is 247 g/mol. The minimum atomic E-state index is -1.06. The lowest BCUT2D eigenvalue weighted by Gasteiger charge is -2.21. The monoisotopic (exact) mass is 247 g/mol. The summed E-state index contributed by atoms with van der Waals surface area (Å²) in [6.45, 7) is -0.00641. The van der Waals surface area contributed by atoms with Crippen LogP contribution in [0, 0.1) is 0 Å². The van der Waals surface area contributed by atoms with E-state index in [1.165, 1.54) is 7.11 Å². The number of rotatable bonds is 4. The van der Waals surface area contributed by atoms with E-state index in [1.807, 2.05) is 30.3 Å². The van der Waals surface area contributed by atoms with Crippen molar-refractivity contribution in [3.8, 4) is 5.75 Å². The van der Waals surface area contributed by atoms with E-state index in [1.54, 1.807) is 6.07 Å². The fraction of sp³-hybridized carbons (Fsp3) is 0.286. The van der Waals surface area contributed by atoms with Crippen LogP contribution in [0.1, 0.15) is 11.7 Å². The first kappa shape index (κ1) is 12.8. The molecule has 18 heavy (non-hydrogen) atoms. The van der Waals surface area contributed by atoms with Crippen LogP contribution in [-0.4, -0.2) is 30.0 Å². The summed E-state index contributed by atoms with van der Waals surface area (Å²) in [6.07, 6.45) is -2.07. The van der Waals surface area contributed by atoms with E-state index in [0.29, 0.717) is 11.3 Å². The van der Waals surface area contributed by atoms with Crippen molar-refractivity contribution < 1.29 is 14.9 Å². The minimum Gasteiger partial charge on any atom is -0.496 e. The molecule has 2 atom stereocenters. The first-order valence-electron chi connectivity index (χ1n) is 5.81. The quantitative estimate of drug-likeness (QED) is 0.759. The van der Waals surface area contributed by atoms with Gasteiger partial charge in [0, 0.05) is 12.1 Å². The highest BCUT2D eigenvalue weighted by Crippen LogP contribution is 2.34. The maximum atomic E-state index is 10.2. The molecule has 2 unspecified atom stereocenters. The topological polar surface area (TPSA) is 75.7 Å². The second-order valence-electron chi connectivity index (χ2n) is 4.15. The molecule has 0 aromatic heterocycles. The minimum absolute atomic E-state index is 0.00641. The predicted molar refractivity (Wildman–Crippen MR) is 70.5 cm³/mol. The molecule has 0 aliphatic carbocycles. The molecule has 0 aliphatic rings. The van der Waals surface area contributed by atoms with Gasteiger partial charge >= 0.3 is 0 Å². The Morgan fingerprint density at radius 3 is 2.56 bits per heavy atom. The summed E-state index contributed by atoms with van der Waals surface area (Å²) < 4.78 is 5.26. The third-order valence-corrected chi connectivity index (χ3v) is 3.05. The number of nitrogens with two attached hydrogens (primary N) is 1. The lowest BCUT2D eigenvalue weighted by Crippen LogP contribution is -2.27. The number of benzene rings is 2. The van der Waals surface area contributed by atoms with Crippen LogP contribution in [0.25, 0.3) is 10.8 Å². The van der Waals surface area contributed by atoms with Crippen molar-refractivity contribution in [2.75, 3.05) is 13.7 Å². The van der Waals surface area contributed by atoms with Gasteiger partial charge in [-0.1, -0.05) is 30.3 Å². The first-order valence-corrected chi connectivity index (χ1v) is 5.81. The molecule has 0 aliphatic heterocycles. The molecule has 96 valence electrons. The van der Waals surface area contributed by atoms with E-state index in [4.69, 9.17) is 10.5 Å². The predicted octanol–water partition coefficient (Wildman–Crippen LogP) is 1.20. The Morgan fingerprint density at radius 2 is 1.89 bits per heavy atom. The average Bonchev–Trinajstić information content (AvgIpc) is 2.44. The van der Waals surface area contributed by atoms with Gasteiger partial charge in [0.1, 0.15) is 11.9 Å². The molecular formula is C14H17NO3. The second kappa shape index (κ2) is 5.35. The van der Waals surface area contributed by atoms with Crippen molar-refractivity contribution in [1.82, 2.24) is 0 Å². The van der Waals surface area contributed by atoms with E-state index in [0.717, 1.165) is 10.8 Å². The molecule has 2 aromatic rings. The molecule has 4 N–H and O–H groups in total. The largest absolute Gasteiger partial charge is 0.496 e. The molecule has 0 fully saturated rings.